The molecule has 0 aromatic rings. The van der Waals surface area contributed by atoms with Gasteiger partial charge < -0.3 is 30.8 Å². The number of hydrogen-bond donors (Lipinski definition) is 6. The Morgan fingerprint density at radius 1 is 1.00 bits per heavy atom. The van der Waals surface area contributed by atoms with Gasteiger partial charge in [0.05, 0.1) is 12.7 Å². The maximum Gasteiger partial charge on any atom is 0.111 e. The molecule has 0 amide bonds. The van der Waals surface area contributed by atoms with E-state index in [0.717, 1.165) is 0 Å². The molecule has 0 radical (unpaired) electrons. The minimum Gasteiger partial charge on any atom is -0.394 e. The van der Waals surface area contributed by atoms with E-state index in [1.165, 1.54) is 0 Å². The van der Waals surface area contributed by atoms with Gasteiger partial charge >= 0.3 is 0 Å². The van der Waals surface area contributed by atoms with Gasteiger partial charge in [-0.15, -0.1) is 0 Å². The van der Waals surface area contributed by atoms with Crippen molar-refractivity contribution in [3.05, 3.63) is 0 Å². The van der Waals surface area contributed by atoms with Crippen LogP contribution < -0.4 is 5.32 Å². The highest BCUT2D eigenvalue weighted by atomic mass is 19.0. The van der Waals surface area contributed by atoms with E-state index in [1.807, 2.05) is 0 Å². The molecule has 7 heteroatoms. The standard InChI is InChI=1S/C7H17NO5.FH/c1-8-2-4(10)6(12)7(13)5(11)3-9;/h4-13H,2-3H2,1H3;1H/t4-,5+,6+,7-;/m1./s1. The minimum atomic E-state index is -1.55. The Morgan fingerprint density at radius 3 is 1.79 bits per heavy atom. The molecule has 0 saturated carbocycles. The summed E-state index contributed by atoms with van der Waals surface area (Å²) in [6, 6.07) is 0. The lowest BCUT2D eigenvalue weighted by molar-refractivity contribution is -0.113. The first-order valence-electron chi connectivity index (χ1n) is 4.02. The molecule has 0 aliphatic rings. The zero-order valence-corrected chi connectivity index (χ0v) is 7.87. The van der Waals surface area contributed by atoms with Crippen LogP contribution in [-0.4, -0.2) is 70.1 Å². The Kier molecular flexibility index (Phi) is 9.26. The number of aliphatic hydroxyl groups is 5. The van der Waals surface area contributed by atoms with Gasteiger partial charge in [0.15, 0.2) is 0 Å². The molecular weight excluding hydrogens is 197 g/mol. The number of nitrogens with one attached hydrogen (secondary N) is 1. The van der Waals surface area contributed by atoms with Crippen molar-refractivity contribution in [3.63, 3.8) is 0 Å². The monoisotopic (exact) mass is 215 g/mol. The fraction of sp³-hybridized carbons (Fsp3) is 1.00. The van der Waals surface area contributed by atoms with E-state index < -0.39 is 31.0 Å². The lowest BCUT2D eigenvalue weighted by Crippen LogP contribution is -2.48. The van der Waals surface area contributed by atoms with Gasteiger partial charge in [-0.25, -0.2) is 0 Å². The SMILES string of the molecule is CNC[C@@H](O)[C@H](O)[C@H](O)[C@@H](O)CO.F. The molecule has 0 aromatic carbocycles. The summed E-state index contributed by atoms with van der Waals surface area (Å²) < 4.78 is 0. The van der Waals surface area contributed by atoms with Gasteiger partial charge in [0.2, 0.25) is 0 Å². The molecule has 0 aliphatic heterocycles. The van der Waals surface area contributed by atoms with E-state index in [2.05, 4.69) is 5.32 Å². The number of aliphatic hydroxyl groups excluding tert-OH is 5. The van der Waals surface area contributed by atoms with Crippen molar-refractivity contribution in [2.45, 2.75) is 24.4 Å². The lowest BCUT2D eigenvalue weighted by atomic mass is 10.0. The molecule has 0 rings (SSSR count). The number of halogens is 1. The second-order valence-corrected chi connectivity index (χ2v) is 2.86. The highest BCUT2D eigenvalue weighted by molar-refractivity contribution is 4.81. The van der Waals surface area contributed by atoms with Gasteiger partial charge in [-0.2, -0.15) is 0 Å². The summed E-state index contributed by atoms with van der Waals surface area (Å²) in [5.41, 5.74) is 0. The van der Waals surface area contributed by atoms with E-state index >= 15 is 0 Å². The van der Waals surface area contributed by atoms with Crippen LogP contribution in [-0.2, 0) is 0 Å². The highest BCUT2D eigenvalue weighted by Crippen LogP contribution is 2.04. The quantitative estimate of drug-likeness (QED) is 0.278. The van der Waals surface area contributed by atoms with Crippen molar-refractivity contribution in [2.75, 3.05) is 20.2 Å². The first-order chi connectivity index (χ1) is 6.04. The molecule has 88 valence electrons. The fourth-order valence-electron chi connectivity index (χ4n) is 0.893. The lowest BCUT2D eigenvalue weighted by Gasteiger charge is -2.25. The van der Waals surface area contributed by atoms with Crippen molar-refractivity contribution >= 4 is 0 Å². The first-order valence-corrected chi connectivity index (χ1v) is 4.02. The summed E-state index contributed by atoms with van der Waals surface area (Å²) in [7, 11) is 1.57. The molecule has 6 N–H and O–H groups in total. The second-order valence-electron chi connectivity index (χ2n) is 2.86. The molecule has 6 nitrogen and oxygen atoms in total. The van der Waals surface area contributed by atoms with Gasteiger partial charge in [-0.3, -0.25) is 4.70 Å². The average molecular weight is 215 g/mol. The molecule has 0 unspecified atom stereocenters. The van der Waals surface area contributed by atoms with Gasteiger partial charge in [0.1, 0.15) is 18.3 Å². The molecule has 0 heterocycles. The Bertz CT molecular complexity index is 139. The van der Waals surface area contributed by atoms with Crippen LogP contribution >= 0.6 is 0 Å². The summed E-state index contributed by atoms with van der Waals surface area (Å²) in [5.74, 6) is 0. The maximum atomic E-state index is 9.21. The maximum absolute atomic E-state index is 9.21. The predicted octanol–water partition coefficient (Wildman–Crippen LogP) is -3.21. The molecular formula is C7H18FNO5. The van der Waals surface area contributed by atoms with Crippen LogP contribution in [0.3, 0.4) is 0 Å². The average Bonchev–Trinajstić information content (AvgIpc) is 2.14. The first kappa shape index (κ1) is 16.1. The second kappa shape index (κ2) is 8.04. The Labute approximate surface area is 81.2 Å². The summed E-state index contributed by atoms with van der Waals surface area (Å²) in [5, 5.41) is 47.5. The molecule has 0 fully saturated rings. The van der Waals surface area contributed by atoms with E-state index in [0.29, 0.717) is 0 Å². The van der Waals surface area contributed by atoms with Crippen LogP contribution in [0.25, 0.3) is 0 Å². The van der Waals surface area contributed by atoms with Crippen LogP contribution in [0.1, 0.15) is 0 Å². The van der Waals surface area contributed by atoms with Crippen molar-refractivity contribution < 1.29 is 30.2 Å². The third kappa shape index (κ3) is 4.80. The molecule has 4 atom stereocenters. The zero-order chi connectivity index (χ0) is 10.4. The molecule has 0 bridgehead atoms. The predicted molar refractivity (Wildman–Crippen MR) is 47.5 cm³/mol. The smallest absolute Gasteiger partial charge is 0.111 e. The minimum absolute atomic E-state index is 0. The van der Waals surface area contributed by atoms with Crippen LogP contribution in [0.4, 0.5) is 4.70 Å². The van der Waals surface area contributed by atoms with E-state index in [1.54, 1.807) is 7.05 Å². The van der Waals surface area contributed by atoms with E-state index in [9.17, 15) is 5.11 Å². The third-order valence-electron chi connectivity index (χ3n) is 1.74. The van der Waals surface area contributed by atoms with Crippen molar-refractivity contribution in [1.29, 1.82) is 0 Å². The van der Waals surface area contributed by atoms with Crippen LogP contribution in [0.2, 0.25) is 0 Å². The molecule has 0 aromatic heterocycles. The summed E-state index contributed by atoms with van der Waals surface area (Å²) in [6.07, 6.45) is -5.65. The molecule has 0 saturated heterocycles. The topological polar surface area (TPSA) is 113 Å². The fourth-order valence-corrected chi connectivity index (χ4v) is 0.893. The molecule has 0 aliphatic carbocycles. The van der Waals surface area contributed by atoms with Gasteiger partial charge in [-0.1, -0.05) is 0 Å². The summed E-state index contributed by atoms with van der Waals surface area (Å²) >= 11 is 0. The summed E-state index contributed by atoms with van der Waals surface area (Å²) in [6.45, 7) is -0.569. The molecule has 14 heavy (non-hydrogen) atoms. The normalized spacial score (nSPS) is 19.3. The van der Waals surface area contributed by atoms with Gasteiger partial charge in [-0.05, 0) is 7.05 Å². The Balaban J connectivity index is 0. The van der Waals surface area contributed by atoms with Crippen molar-refractivity contribution in [3.8, 4) is 0 Å². The van der Waals surface area contributed by atoms with Gasteiger partial charge in [0.25, 0.3) is 0 Å². The molecule has 0 spiro atoms. The number of likely N-dealkylation sites (N-methyl/N-ethyl adjacent to an activating group) is 1. The Morgan fingerprint density at radius 2 is 1.43 bits per heavy atom. The van der Waals surface area contributed by atoms with Crippen molar-refractivity contribution in [1.82, 2.24) is 5.32 Å². The largest absolute Gasteiger partial charge is 0.394 e. The summed E-state index contributed by atoms with van der Waals surface area (Å²) in [4.78, 5) is 0. The van der Waals surface area contributed by atoms with E-state index in [-0.39, 0.29) is 11.2 Å². The number of rotatable bonds is 6. The van der Waals surface area contributed by atoms with Gasteiger partial charge in [0, 0.05) is 6.54 Å². The zero-order valence-electron chi connectivity index (χ0n) is 7.87. The van der Waals surface area contributed by atoms with E-state index in [4.69, 9.17) is 20.4 Å². The van der Waals surface area contributed by atoms with Crippen molar-refractivity contribution in [2.24, 2.45) is 0 Å². The van der Waals surface area contributed by atoms with Crippen LogP contribution in [0.5, 0.6) is 0 Å². The van der Waals surface area contributed by atoms with Crippen LogP contribution in [0.15, 0.2) is 0 Å². The van der Waals surface area contributed by atoms with Crippen LogP contribution in [0, 0.1) is 0 Å². The Hall–Kier alpha value is -0.310. The third-order valence-corrected chi connectivity index (χ3v) is 1.74. The highest BCUT2D eigenvalue weighted by Gasteiger charge is 2.29. The number of hydrogen-bond acceptors (Lipinski definition) is 6.